The van der Waals surface area contributed by atoms with E-state index in [-0.39, 0.29) is 0 Å². The highest BCUT2D eigenvalue weighted by atomic mass is 16.3. The molecule has 1 heterocycles. The van der Waals surface area contributed by atoms with Crippen molar-refractivity contribution < 1.29 is 9.90 Å². The van der Waals surface area contributed by atoms with Gasteiger partial charge in [0.1, 0.15) is 5.60 Å². The Kier molecular flexibility index (Phi) is 2.20. The number of carbonyl (C=O) groups is 1. The number of nitrogens with one attached hydrogen (secondary N) is 1. The monoisotopic (exact) mass is 220 g/mol. The van der Waals surface area contributed by atoms with Crippen molar-refractivity contribution in [3.63, 3.8) is 0 Å². The molecule has 1 aromatic heterocycles. The minimum atomic E-state index is -1.57. The average molecular weight is 220 g/mol. The van der Waals surface area contributed by atoms with Crippen LogP contribution in [0.25, 0.3) is 11.0 Å². The Morgan fingerprint density at radius 3 is 2.62 bits per heavy atom. The molecule has 0 aliphatic rings. The van der Waals surface area contributed by atoms with E-state index >= 15 is 0 Å². The molecule has 0 atom stereocenters. The maximum atomic E-state index is 11.9. The number of nitrogens with zero attached hydrogens (tertiary/aromatic N) is 1. The molecule has 0 spiro atoms. The van der Waals surface area contributed by atoms with Crippen LogP contribution in [0.1, 0.15) is 18.6 Å². The zero-order chi connectivity index (χ0) is 11.9. The SMILES string of the molecule is CC(C)(O)C(=O)n1c(=O)[nH]c2ccccc21. The van der Waals surface area contributed by atoms with Gasteiger partial charge in [-0.25, -0.2) is 9.36 Å². The molecule has 2 N–H and O–H groups in total. The van der Waals surface area contributed by atoms with Crippen LogP contribution in [0.2, 0.25) is 0 Å². The summed E-state index contributed by atoms with van der Waals surface area (Å²) in [7, 11) is 0. The van der Waals surface area contributed by atoms with E-state index in [0.717, 1.165) is 4.57 Å². The fraction of sp³-hybridized carbons (Fsp3) is 0.273. The van der Waals surface area contributed by atoms with Crippen LogP contribution in [0, 0.1) is 0 Å². The summed E-state index contributed by atoms with van der Waals surface area (Å²) in [4.78, 5) is 26.0. The largest absolute Gasteiger partial charge is 0.381 e. The van der Waals surface area contributed by atoms with Crippen LogP contribution < -0.4 is 5.69 Å². The summed E-state index contributed by atoms with van der Waals surface area (Å²) >= 11 is 0. The minimum absolute atomic E-state index is 0.472. The van der Waals surface area contributed by atoms with E-state index < -0.39 is 17.2 Å². The molecule has 16 heavy (non-hydrogen) atoms. The summed E-state index contributed by atoms with van der Waals surface area (Å²) in [5, 5.41) is 9.62. The van der Waals surface area contributed by atoms with Gasteiger partial charge < -0.3 is 10.1 Å². The molecular weight excluding hydrogens is 208 g/mol. The predicted molar refractivity (Wildman–Crippen MR) is 59.5 cm³/mol. The first-order chi connectivity index (χ1) is 7.41. The Morgan fingerprint density at radius 1 is 1.38 bits per heavy atom. The maximum Gasteiger partial charge on any atom is 0.333 e. The molecule has 0 unspecified atom stereocenters. The number of hydrogen-bond donors (Lipinski definition) is 2. The standard InChI is InChI=1S/C11H12N2O3/c1-11(2,16)9(14)13-8-6-4-3-5-7(8)12-10(13)15/h3-6,16H,1-2H3,(H,12,15). The normalized spacial score (nSPS) is 11.9. The van der Waals surface area contributed by atoms with Crippen LogP contribution in [-0.2, 0) is 0 Å². The molecule has 0 saturated heterocycles. The number of aliphatic hydroxyl groups is 1. The third kappa shape index (κ3) is 1.55. The zero-order valence-electron chi connectivity index (χ0n) is 9.02. The molecule has 0 saturated carbocycles. The first-order valence-corrected chi connectivity index (χ1v) is 4.88. The molecule has 2 rings (SSSR count). The summed E-state index contributed by atoms with van der Waals surface area (Å²) in [6.45, 7) is 2.70. The van der Waals surface area contributed by atoms with Gasteiger partial charge in [0.2, 0.25) is 0 Å². The lowest BCUT2D eigenvalue weighted by Crippen LogP contribution is -2.40. The van der Waals surface area contributed by atoms with E-state index in [0.29, 0.717) is 11.0 Å². The number of carbonyl (C=O) groups excluding carboxylic acids is 1. The Hall–Kier alpha value is -1.88. The van der Waals surface area contributed by atoms with Crippen molar-refractivity contribution >= 4 is 16.9 Å². The van der Waals surface area contributed by atoms with E-state index in [1.165, 1.54) is 13.8 Å². The third-order valence-electron chi connectivity index (χ3n) is 2.32. The Morgan fingerprint density at radius 2 is 2.00 bits per heavy atom. The second kappa shape index (κ2) is 3.31. The Balaban J connectivity index is 2.74. The molecule has 1 aromatic carbocycles. The molecule has 2 aromatic rings. The number of rotatable bonds is 1. The maximum absolute atomic E-state index is 11.9. The van der Waals surface area contributed by atoms with Crippen molar-refractivity contribution in [2.24, 2.45) is 0 Å². The van der Waals surface area contributed by atoms with Gasteiger partial charge in [0.05, 0.1) is 11.0 Å². The third-order valence-corrected chi connectivity index (χ3v) is 2.32. The van der Waals surface area contributed by atoms with Gasteiger partial charge in [0.15, 0.2) is 0 Å². The van der Waals surface area contributed by atoms with E-state index in [1.807, 2.05) is 0 Å². The summed E-state index contributed by atoms with van der Waals surface area (Å²) in [6, 6.07) is 6.84. The average Bonchev–Trinajstić information content (AvgIpc) is 2.51. The number of fused-ring (bicyclic) bond motifs is 1. The number of imidazole rings is 1. The van der Waals surface area contributed by atoms with Gasteiger partial charge in [-0.05, 0) is 26.0 Å². The molecule has 5 heteroatoms. The van der Waals surface area contributed by atoms with Crippen molar-refractivity contribution in [2.75, 3.05) is 0 Å². The fourth-order valence-electron chi connectivity index (χ4n) is 1.53. The minimum Gasteiger partial charge on any atom is -0.381 e. The molecule has 0 aliphatic heterocycles. The van der Waals surface area contributed by atoms with Crippen LogP contribution >= 0.6 is 0 Å². The van der Waals surface area contributed by atoms with Gasteiger partial charge in [0.25, 0.3) is 5.91 Å². The summed E-state index contributed by atoms with van der Waals surface area (Å²) < 4.78 is 0.954. The lowest BCUT2D eigenvalue weighted by Gasteiger charge is -2.15. The van der Waals surface area contributed by atoms with Crippen LogP contribution in [0.3, 0.4) is 0 Å². The lowest BCUT2D eigenvalue weighted by molar-refractivity contribution is 0.0393. The molecule has 5 nitrogen and oxygen atoms in total. The summed E-state index contributed by atoms with van der Waals surface area (Å²) in [5.41, 5.74) is -1.06. The van der Waals surface area contributed by atoms with Gasteiger partial charge in [-0.3, -0.25) is 4.79 Å². The van der Waals surface area contributed by atoms with Crippen LogP contribution in [-0.4, -0.2) is 26.2 Å². The number of benzene rings is 1. The topological polar surface area (TPSA) is 75.1 Å². The molecule has 0 radical (unpaired) electrons. The number of hydrogen-bond acceptors (Lipinski definition) is 3. The van der Waals surface area contributed by atoms with Crippen molar-refractivity contribution in [3.8, 4) is 0 Å². The van der Waals surface area contributed by atoms with Crippen molar-refractivity contribution in [1.29, 1.82) is 0 Å². The van der Waals surface area contributed by atoms with Crippen LogP contribution in [0.5, 0.6) is 0 Å². The quantitative estimate of drug-likeness (QED) is 0.744. The van der Waals surface area contributed by atoms with Gasteiger partial charge in [0, 0.05) is 0 Å². The second-order valence-corrected chi connectivity index (χ2v) is 4.15. The van der Waals surface area contributed by atoms with Gasteiger partial charge >= 0.3 is 5.69 Å². The predicted octanol–water partition coefficient (Wildman–Crippen LogP) is 0.741. The van der Waals surface area contributed by atoms with E-state index in [9.17, 15) is 14.7 Å². The summed E-state index contributed by atoms with van der Waals surface area (Å²) in [6.07, 6.45) is 0. The highest BCUT2D eigenvalue weighted by Crippen LogP contribution is 2.12. The van der Waals surface area contributed by atoms with Crippen molar-refractivity contribution in [1.82, 2.24) is 9.55 Å². The van der Waals surface area contributed by atoms with Crippen molar-refractivity contribution in [2.45, 2.75) is 19.4 Å². The van der Waals surface area contributed by atoms with Crippen LogP contribution in [0.4, 0.5) is 0 Å². The van der Waals surface area contributed by atoms with Gasteiger partial charge in [-0.1, -0.05) is 12.1 Å². The lowest BCUT2D eigenvalue weighted by atomic mass is 10.1. The zero-order valence-corrected chi connectivity index (χ0v) is 9.02. The molecule has 0 fully saturated rings. The Bertz CT molecular complexity index is 601. The molecule has 0 amide bonds. The van der Waals surface area contributed by atoms with Crippen LogP contribution in [0.15, 0.2) is 29.1 Å². The fourth-order valence-corrected chi connectivity index (χ4v) is 1.53. The van der Waals surface area contributed by atoms with E-state index in [4.69, 9.17) is 0 Å². The number of H-pyrrole nitrogens is 1. The number of para-hydroxylation sites is 2. The van der Waals surface area contributed by atoms with Crippen molar-refractivity contribution in [3.05, 3.63) is 34.7 Å². The number of aromatic nitrogens is 2. The second-order valence-electron chi connectivity index (χ2n) is 4.15. The number of aromatic amines is 1. The Labute approximate surface area is 91.3 Å². The van der Waals surface area contributed by atoms with Gasteiger partial charge in [-0.2, -0.15) is 0 Å². The first kappa shape index (κ1) is 10.6. The summed E-state index contributed by atoms with van der Waals surface area (Å²) in [5.74, 6) is -0.644. The molecule has 0 bridgehead atoms. The molecule has 0 aliphatic carbocycles. The highest BCUT2D eigenvalue weighted by molar-refractivity contribution is 5.94. The highest BCUT2D eigenvalue weighted by Gasteiger charge is 2.28. The smallest absolute Gasteiger partial charge is 0.333 e. The van der Waals surface area contributed by atoms with Gasteiger partial charge in [-0.15, -0.1) is 0 Å². The molecular formula is C11H12N2O3. The van der Waals surface area contributed by atoms with E-state index in [1.54, 1.807) is 24.3 Å². The first-order valence-electron chi connectivity index (χ1n) is 4.88. The van der Waals surface area contributed by atoms with E-state index in [2.05, 4.69) is 4.98 Å². The molecule has 84 valence electrons.